The highest BCUT2D eigenvalue weighted by atomic mass is 35.5. The maximum Gasteiger partial charge on any atom is 0.236 e. The molecule has 6 nitrogen and oxygen atoms in total. The molecular weight excluding hydrogens is 380 g/mol. The predicted molar refractivity (Wildman–Crippen MR) is 104 cm³/mol. The van der Waals surface area contributed by atoms with Crippen LogP contribution < -0.4 is 14.8 Å². The molecule has 3 aromatic rings. The van der Waals surface area contributed by atoms with Gasteiger partial charge in [0.05, 0.1) is 11.1 Å². The molecular formula is C21H17ClN2O4. The van der Waals surface area contributed by atoms with E-state index in [4.69, 9.17) is 25.6 Å². The van der Waals surface area contributed by atoms with Gasteiger partial charge in [-0.05, 0) is 55.7 Å². The maximum absolute atomic E-state index is 12.9. The maximum atomic E-state index is 12.9. The number of nitrogens with zero attached hydrogens (tertiary/aromatic N) is 1. The highest BCUT2D eigenvalue weighted by Gasteiger charge is 2.53. The molecule has 1 amide bonds. The number of aromatic nitrogens is 1. The van der Waals surface area contributed by atoms with Gasteiger partial charge < -0.3 is 19.3 Å². The zero-order valence-electron chi connectivity index (χ0n) is 15.1. The second kappa shape index (κ2) is 6.27. The highest BCUT2D eigenvalue weighted by molar-refractivity contribution is 6.31. The van der Waals surface area contributed by atoms with Crippen LogP contribution >= 0.6 is 11.6 Å². The first kappa shape index (κ1) is 17.1. The van der Waals surface area contributed by atoms with Crippen molar-refractivity contribution in [3.63, 3.8) is 0 Å². The Morgan fingerprint density at radius 1 is 1.11 bits per heavy atom. The van der Waals surface area contributed by atoms with E-state index in [9.17, 15) is 4.79 Å². The lowest BCUT2D eigenvalue weighted by molar-refractivity contribution is -0.118. The Labute approximate surface area is 166 Å². The molecule has 142 valence electrons. The average Bonchev–Trinajstić information content (AvgIpc) is 3.13. The standard InChI is InChI=1S/C21H17ClN2O4/c1-12-2-4-14(9-15(12)22)23-20(25)21(6-7-21)19-10-17(28-24-19)13-3-5-16-18(8-13)27-11-26-16/h2-5,8-10H,6-7,11H2,1H3,(H,23,25). The molecule has 0 saturated heterocycles. The average molecular weight is 397 g/mol. The summed E-state index contributed by atoms with van der Waals surface area (Å²) in [6.45, 7) is 2.14. The van der Waals surface area contributed by atoms with Gasteiger partial charge in [-0.15, -0.1) is 0 Å². The van der Waals surface area contributed by atoms with Crippen molar-refractivity contribution in [3.05, 3.63) is 58.7 Å². The molecule has 5 rings (SSSR count). The minimum Gasteiger partial charge on any atom is -0.454 e. The van der Waals surface area contributed by atoms with Crippen LogP contribution in [-0.2, 0) is 10.2 Å². The van der Waals surface area contributed by atoms with Gasteiger partial charge in [-0.2, -0.15) is 0 Å². The highest BCUT2D eigenvalue weighted by Crippen LogP contribution is 2.49. The number of amides is 1. The zero-order chi connectivity index (χ0) is 19.3. The van der Waals surface area contributed by atoms with Gasteiger partial charge in [0.25, 0.3) is 0 Å². The number of benzene rings is 2. The molecule has 1 saturated carbocycles. The number of anilines is 1. The van der Waals surface area contributed by atoms with Crippen LogP contribution in [0.25, 0.3) is 11.3 Å². The Morgan fingerprint density at radius 3 is 2.71 bits per heavy atom. The van der Waals surface area contributed by atoms with Crippen molar-refractivity contribution in [2.75, 3.05) is 12.1 Å². The quantitative estimate of drug-likeness (QED) is 0.691. The second-order valence-corrected chi connectivity index (χ2v) is 7.55. The topological polar surface area (TPSA) is 73.6 Å². The van der Waals surface area contributed by atoms with Crippen molar-refractivity contribution < 1.29 is 18.8 Å². The second-order valence-electron chi connectivity index (χ2n) is 7.14. The molecule has 1 N–H and O–H groups in total. The molecule has 0 spiro atoms. The van der Waals surface area contributed by atoms with Gasteiger partial charge in [-0.3, -0.25) is 4.79 Å². The van der Waals surface area contributed by atoms with Gasteiger partial charge in [0, 0.05) is 22.3 Å². The van der Waals surface area contributed by atoms with E-state index in [1.165, 1.54) is 0 Å². The molecule has 0 bridgehead atoms. The van der Waals surface area contributed by atoms with E-state index in [0.29, 0.717) is 33.7 Å². The van der Waals surface area contributed by atoms with Gasteiger partial charge in [0.1, 0.15) is 0 Å². The number of hydrogen-bond acceptors (Lipinski definition) is 5. The molecule has 2 heterocycles. The summed E-state index contributed by atoms with van der Waals surface area (Å²) < 4.78 is 16.3. The van der Waals surface area contributed by atoms with Crippen molar-refractivity contribution in [2.45, 2.75) is 25.2 Å². The molecule has 28 heavy (non-hydrogen) atoms. The molecule has 7 heteroatoms. The van der Waals surface area contributed by atoms with Crippen molar-refractivity contribution in [1.29, 1.82) is 0 Å². The molecule has 1 aliphatic heterocycles. The fourth-order valence-electron chi connectivity index (χ4n) is 3.33. The molecule has 0 atom stereocenters. The van der Waals surface area contributed by atoms with E-state index in [0.717, 1.165) is 24.0 Å². The van der Waals surface area contributed by atoms with E-state index in [-0.39, 0.29) is 12.7 Å². The van der Waals surface area contributed by atoms with Gasteiger partial charge in [-0.25, -0.2) is 0 Å². The number of fused-ring (bicyclic) bond motifs is 1. The monoisotopic (exact) mass is 396 g/mol. The Bertz CT molecular complexity index is 1090. The first-order valence-electron chi connectivity index (χ1n) is 9.00. The smallest absolute Gasteiger partial charge is 0.236 e. The van der Waals surface area contributed by atoms with Crippen LogP contribution in [0.3, 0.4) is 0 Å². The predicted octanol–water partition coefficient (Wildman–Crippen LogP) is 4.70. The first-order chi connectivity index (χ1) is 13.5. The van der Waals surface area contributed by atoms with E-state index in [2.05, 4.69) is 10.5 Å². The zero-order valence-corrected chi connectivity index (χ0v) is 15.9. The molecule has 1 fully saturated rings. The Morgan fingerprint density at radius 2 is 1.93 bits per heavy atom. The number of nitrogens with one attached hydrogen (secondary N) is 1. The van der Waals surface area contributed by atoms with Crippen molar-refractivity contribution >= 4 is 23.2 Å². The summed E-state index contributed by atoms with van der Waals surface area (Å²) in [7, 11) is 0. The number of hydrogen-bond donors (Lipinski definition) is 1. The Hall–Kier alpha value is -2.99. The van der Waals surface area contributed by atoms with Crippen LogP contribution in [0.15, 0.2) is 47.0 Å². The fraction of sp³-hybridized carbons (Fsp3) is 0.238. The number of aryl methyl sites for hydroxylation is 1. The summed E-state index contributed by atoms with van der Waals surface area (Å²) in [5, 5.41) is 7.75. The van der Waals surface area contributed by atoms with Crippen molar-refractivity contribution in [2.24, 2.45) is 0 Å². The lowest BCUT2D eigenvalue weighted by Gasteiger charge is -2.13. The lowest BCUT2D eigenvalue weighted by Crippen LogP contribution is -2.28. The number of halogens is 1. The van der Waals surface area contributed by atoms with E-state index >= 15 is 0 Å². The van der Waals surface area contributed by atoms with Gasteiger partial charge in [0.2, 0.25) is 12.7 Å². The van der Waals surface area contributed by atoms with E-state index < -0.39 is 5.41 Å². The van der Waals surface area contributed by atoms with Crippen LogP contribution in [0.1, 0.15) is 24.1 Å². The molecule has 1 aromatic heterocycles. The number of carbonyl (C=O) groups is 1. The largest absolute Gasteiger partial charge is 0.454 e. The van der Waals surface area contributed by atoms with E-state index in [1.807, 2.05) is 43.3 Å². The summed E-state index contributed by atoms with van der Waals surface area (Å²) in [6, 6.07) is 12.9. The lowest BCUT2D eigenvalue weighted by atomic mass is 10.00. The summed E-state index contributed by atoms with van der Waals surface area (Å²) in [5.74, 6) is 1.87. The van der Waals surface area contributed by atoms with Gasteiger partial charge in [0.15, 0.2) is 17.3 Å². The summed E-state index contributed by atoms with van der Waals surface area (Å²) >= 11 is 6.16. The third-order valence-corrected chi connectivity index (χ3v) is 5.68. The number of ether oxygens (including phenoxy) is 2. The van der Waals surface area contributed by atoms with Crippen LogP contribution in [0.2, 0.25) is 5.02 Å². The fourth-order valence-corrected chi connectivity index (χ4v) is 3.51. The Kier molecular flexibility index (Phi) is 3.84. The summed E-state index contributed by atoms with van der Waals surface area (Å²) in [5.41, 5.74) is 2.44. The number of carbonyl (C=O) groups excluding carboxylic acids is 1. The summed E-state index contributed by atoms with van der Waals surface area (Å²) in [4.78, 5) is 12.9. The molecule has 0 unspecified atom stereocenters. The van der Waals surface area contributed by atoms with E-state index in [1.54, 1.807) is 6.07 Å². The van der Waals surface area contributed by atoms with Crippen LogP contribution in [0, 0.1) is 6.92 Å². The first-order valence-corrected chi connectivity index (χ1v) is 9.38. The minimum absolute atomic E-state index is 0.0991. The van der Waals surface area contributed by atoms with Crippen LogP contribution in [0.5, 0.6) is 11.5 Å². The SMILES string of the molecule is Cc1ccc(NC(=O)C2(c3cc(-c4ccc5c(c4)OCO5)on3)CC2)cc1Cl. The third kappa shape index (κ3) is 2.81. The summed E-state index contributed by atoms with van der Waals surface area (Å²) in [6.07, 6.45) is 1.46. The molecule has 0 radical (unpaired) electrons. The third-order valence-electron chi connectivity index (χ3n) is 5.27. The molecule has 2 aromatic carbocycles. The van der Waals surface area contributed by atoms with Crippen LogP contribution in [-0.4, -0.2) is 17.9 Å². The van der Waals surface area contributed by atoms with Crippen molar-refractivity contribution in [3.8, 4) is 22.8 Å². The Balaban J connectivity index is 1.38. The minimum atomic E-state index is -0.657. The van der Waals surface area contributed by atoms with Gasteiger partial charge in [-0.1, -0.05) is 22.8 Å². The van der Waals surface area contributed by atoms with Crippen LogP contribution in [0.4, 0.5) is 5.69 Å². The van der Waals surface area contributed by atoms with Gasteiger partial charge >= 0.3 is 0 Å². The molecule has 2 aliphatic rings. The normalized spacial score (nSPS) is 16.1. The van der Waals surface area contributed by atoms with Crippen molar-refractivity contribution in [1.82, 2.24) is 5.16 Å². The number of rotatable bonds is 4. The molecule has 1 aliphatic carbocycles.